The van der Waals surface area contributed by atoms with Crippen LogP contribution in [0.3, 0.4) is 0 Å². The third kappa shape index (κ3) is 5.18. The van der Waals surface area contributed by atoms with Crippen LogP contribution in [0, 0.1) is 0 Å². The molecule has 0 aliphatic carbocycles. The predicted molar refractivity (Wildman–Crippen MR) is 73.4 cm³/mol. The molecule has 0 aliphatic heterocycles. The van der Waals surface area contributed by atoms with Crippen LogP contribution >= 0.6 is 0 Å². The summed E-state index contributed by atoms with van der Waals surface area (Å²) in [5, 5.41) is 0. The van der Waals surface area contributed by atoms with Crippen LogP contribution in [0.1, 0.15) is 31.1 Å². The Hall–Kier alpha value is -1.75. The Morgan fingerprint density at radius 3 is 2.47 bits per heavy atom. The van der Waals surface area contributed by atoms with Crippen molar-refractivity contribution in [3.05, 3.63) is 23.8 Å². The van der Waals surface area contributed by atoms with E-state index in [0.29, 0.717) is 23.6 Å². The van der Waals surface area contributed by atoms with Crippen LogP contribution in [0.2, 0.25) is 0 Å². The van der Waals surface area contributed by atoms with Crippen LogP contribution in [0.5, 0.6) is 5.75 Å². The maximum absolute atomic E-state index is 11.7. The third-order valence-electron chi connectivity index (χ3n) is 2.32. The first kappa shape index (κ1) is 15.3. The van der Waals surface area contributed by atoms with Gasteiger partial charge < -0.3 is 19.9 Å². The van der Waals surface area contributed by atoms with Crippen molar-refractivity contribution < 1.29 is 19.0 Å². The number of benzene rings is 1. The minimum atomic E-state index is -0.424. The van der Waals surface area contributed by atoms with Crippen molar-refractivity contribution >= 4 is 11.7 Å². The number of anilines is 1. The molecule has 0 aromatic heterocycles. The quantitative estimate of drug-likeness (QED) is 0.503. The molecule has 0 unspecified atom stereocenters. The molecule has 0 aliphatic rings. The van der Waals surface area contributed by atoms with Gasteiger partial charge in [0.2, 0.25) is 0 Å². The number of hydrogen-bond acceptors (Lipinski definition) is 5. The van der Waals surface area contributed by atoms with Gasteiger partial charge in [0.15, 0.2) is 0 Å². The maximum atomic E-state index is 11.7. The molecule has 19 heavy (non-hydrogen) atoms. The second kappa shape index (κ2) is 6.43. The van der Waals surface area contributed by atoms with Gasteiger partial charge in [-0.3, -0.25) is 0 Å². The lowest BCUT2D eigenvalue weighted by Crippen LogP contribution is -2.22. The third-order valence-corrected chi connectivity index (χ3v) is 2.32. The molecular weight excluding hydrogens is 246 g/mol. The van der Waals surface area contributed by atoms with E-state index in [2.05, 4.69) is 0 Å². The Kier molecular flexibility index (Phi) is 5.18. The van der Waals surface area contributed by atoms with Crippen LogP contribution in [0.25, 0.3) is 0 Å². The summed E-state index contributed by atoms with van der Waals surface area (Å²) >= 11 is 0. The number of carbonyl (C=O) groups excluding carboxylic acids is 1. The van der Waals surface area contributed by atoms with Crippen molar-refractivity contribution in [2.45, 2.75) is 26.4 Å². The van der Waals surface area contributed by atoms with Gasteiger partial charge in [0, 0.05) is 0 Å². The van der Waals surface area contributed by atoms with Gasteiger partial charge in [0.1, 0.15) is 12.4 Å². The lowest BCUT2D eigenvalue weighted by atomic mass is 10.2. The van der Waals surface area contributed by atoms with Gasteiger partial charge in [0.05, 0.1) is 30.6 Å². The summed E-state index contributed by atoms with van der Waals surface area (Å²) in [4.78, 5) is 11.7. The fraction of sp³-hybridized carbons (Fsp3) is 0.500. The van der Waals surface area contributed by atoms with Gasteiger partial charge in [0.25, 0.3) is 0 Å². The summed E-state index contributed by atoms with van der Waals surface area (Å²) in [7, 11) is 1.52. The van der Waals surface area contributed by atoms with E-state index in [9.17, 15) is 4.79 Å². The van der Waals surface area contributed by atoms with Gasteiger partial charge in [-0.1, -0.05) is 0 Å². The molecule has 0 fully saturated rings. The second-order valence-electron chi connectivity index (χ2n) is 5.05. The minimum absolute atomic E-state index is 0.210. The Balaban J connectivity index is 2.48. The van der Waals surface area contributed by atoms with Crippen molar-refractivity contribution in [1.82, 2.24) is 0 Å². The zero-order valence-electron chi connectivity index (χ0n) is 11.9. The molecule has 106 valence electrons. The SMILES string of the molecule is COc1ccc(C(=O)OCCOC(C)(C)C)cc1N. The highest BCUT2D eigenvalue weighted by atomic mass is 16.6. The van der Waals surface area contributed by atoms with Gasteiger partial charge in [-0.05, 0) is 39.0 Å². The number of methoxy groups -OCH3 is 1. The van der Waals surface area contributed by atoms with Crippen molar-refractivity contribution in [2.24, 2.45) is 0 Å². The summed E-state index contributed by atoms with van der Waals surface area (Å²) in [5.74, 6) is 0.111. The first-order valence-electron chi connectivity index (χ1n) is 6.08. The lowest BCUT2D eigenvalue weighted by molar-refractivity contribution is -0.0281. The van der Waals surface area contributed by atoms with Gasteiger partial charge in [-0.25, -0.2) is 4.79 Å². The topological polar surface area (TPSA) is 70.8 Å². The smallest absolute Gasteiger partial charge is 0.338 e. The van der Waals surface area contributed by atoms with Crippen molar-refractivity contribution in [1.29, 1.82) is 0 Å². The molecule has 0 bridgehead atoms. The Labute approximate surface area is 113 Å². The minimum Gasteiger partial charge on any atom is -0.495 e. The van der Waals surface area contributed by atoms with E-state index in [4.69, 9.17) is 19.9 Å². The Morgan fingerprint density at radius 2 is 1.95 bits per heavy atom. The first-order valence-corrected chi connectivity index (χ1v) is 6.08. The molecule has 0 saturated heterocycles. The molecule has 5 nitrogen and oxygen atoms in total. The van der Waals surface area contributed by atoms with E-state index in [1.54, 1.807) is 12.1 Å². The molecule has 0 amide bonds. The highest BCUT2D eigenvalue weighted by Gasteiger charge is 2.12. The van der Waals surface area contributed by atoms with E-state index >= 15 is 0 Å². The van der Waals surface area contributed by atoms with Crippen LogP contribution in [-0.4, -0.2) is 31.9 Å². The number of hydrogen-bond donors (Lipinski definition) is 1. The predicted octanol–water partition coefficient (Wildman–Crippen LogP) is 2.25. The summed E-state index contributed by atoms with van der Waals surface area (Å²) in [5.41, 5.74) is 6.29. The maximum Gasteiger partial charge on any atom is 0.338 e. The Bertz CT molecular complexity index is 438. The van der Waals surface area contributed by atoms with Crippen LogP contribution in [0.4, 0.5) is 5.69 Å². The van der Waals surface area contributed by atoms with E-state index in [1.165, 1.54) is 13.2 Å². The van der Waals surface area contributed by atoms with Crippen LogP contribution in [-0.2, 0) is 9.47 Å². The monoisotopic (exact) mass is 267 g/mol. The van der Waals surface area contributed by atoms with E-state index in [-0.39, 0.29) is 12.2 Å². The van der Waals surface area contributed by atoms with Gasteiger partial charge >= 0.3 is 5.97 Å². The van der Waals surface area contributed by atoms with E-state index < -0.39 is 5.97 Å². The summed E-state index contributed by atoms with van der Waals surface area (Å²) in [6.07, 6.45) is 0. The average molecular weight is 267 g/mol. The van der Waals surface area contributed by atoms with Crippen molar-refractivity contribution in [2.75, 3.05) is 26.1 Å². The highest BCUT2D eigenvalue weighted by molar-refractivity contribution is 5.91. The van der Waals surface area contributed by atoms with Crippen LogP contribution < -0.4 is 10.5 Å². The first-order chi connectivity index (χ1) is 8.83. The average Bonchev–Trinajstić information content (AvgIpc) is 2.33. The number of rotatable bonds is 5. The number of esters is 1. The zero-order chi connectivity index (χ0) is 14.5. The molecule has 1 aromatic carbocycles. The molecular formula is C14H21NO4. The van der Waals surface area contributed by atoms with Gasteiger partial charge in [-0.15, -0.1) is 0 Å². The molecule has 0 heterocycles. The normalized spacial score (nSPS) is 11.2. The molecule has 1 rings (SSSR count). The second-order valence-corrected chi connectivity index (χ2v) is 5.05. The molecule has 0 atom stereocenters. The fourth-order valence-electron chi connectivity index (χ4n) is 1.43. The summed E-state index contributed by atoms with van der Waals surface area (Å²) < 4.78 is 15.6. The van der Waals surface area contributed by atoms with E-state index in [0.717, 1.165) is 0 Å². The van der Waals surface area contributed by atoms with Crippen LogP contribution in [0.15, 0.2) is 18.2 Å². The van der Waals surface area contributed by atoms with Crippen molar-refractivity contribution in [3.63, 3.8) is 0 Å². The molecule has 1 aromatic rings. The summed E-state index contributed by atoms with van der Waals surface area (Å²) in [6.45, 7) is 6.40. The fourth-order valence-corrected chi connectivity index (χ4v) is 1.43. The van der Waals surface area contributed by atoms with E-state index in [1.807, 2.05) is 20.8 Å². The number of ether oxygens (including phenoxy) is 3. The van der Waals surface area contributed by atoms with Crippen molar-refractivity contribution in [3.8, 4) is 5.75 Å². The van der Waals surface area contributed by atoms with Gasteiger partial charge in [-0.2, -0.15) is 0 Å². The molecule has 5 heteroatoms. The molecule has 0 radical (unpaired) electrons. The lowest BCUT2D eigenvalue weighted by Gasteiger charge is -2.19. The number of nitrogens with two attached hydrogens (primary N) is 1. The highest BCUT2D eigenvalue weighted by Crippen LogP contribution is 2.22. The standard InChI is InChI=1S/C14H21NO4/c1-14(2,3)19-8-7-18-13(16)10-5-6-12(17-4)11(15)9-10/h5-6,9H,7-8,15H2,1-4H3. The molecule has 0 spiro atoms. The number of nitrogen functional groups attached to an aromatic ring is 1. The zero-order valence-corrected chi connectivity index (χ0v) is 11.9. The number of carbonyl (C=O) groups is 1. The molecule has 2 N–H and O–H groups in total. The largest absolute Gasteiger partial charge is 0.495 e. The molecule has 0 saturated carbocycles. The summed E-state index contributed by atoms with van der Waals surface area (Å²) in [6, 6.07) is 4.78. The Morgan fingerprint density at radius 1 is 1.26 bits per heavy atom.